The monoisotopic (exact) mass is 281 g/mol. The van der Waals surface area contributed by atoms with Crippen molar-refractivity contribution in [3.8, 4) is 6.07 Å². The van der Waals surface area contributed by atoms with Crippen LogP contribution in [0.1, 0.15) is 25.3 Å². The van der Waals surface area contributed by atoms with Crippen molar-refractivity contribution >= 4 is 16.6 Å². The van der Waals surface area contributed by atoms with Gasteiger partial charge in [0, 0.05) is 31.8 Å². The standard InChI is InChI=1S/C17H19N3O/c1-17(21-2)8-5-9-20(12-17)16-13(10-18)11-19-15-7-4-3-6-14(15)16/h3-4,6-7,11H,5,8-9,12H2,1-2H3. The Bertz CT molecular complexity index is 707. The van der Waals surface area contributed by atoms with Crippen molar-refractivity contribution in [2.24, 2.45) is 0 Å². The first-order chi connectivity index (χ1) is 10.2. The van der Waals surface area contributed by atoms with Crippen LogP contribution in [-0.4, -0.2) is 30.8 Å². The van der Waals surface area contributed by atoms with Crippen molar-refractivity contribution < 1.29 is 4.74 Å². The van der Waals surface area contributed by atoms with Gasteiger partial charge < -0.3 is 9.64 Å². The maximum atomic E-state index is 9.45. The minimum absolute atomic E-state index is 0.157. The molecular formula is C17H19N3O. The van der Waals surface area contributed by atoms with Crippen LogP contribution in [0.25, 0.3) is 10.9 Å². The Kier molecular flexibility index (Phi) is 3.52. The van der Waals surface area contributed by atoms with E-state index in [0.717, 1.165) is 42.5 Å². The molecule has 0 bridgehead atoms. The van der Waals surface area contributed by atoms with Crippen LogP contribution in [0.15, 0.2) is 30.5 Å². The van der Waals surface area contributed by atoms with E-state index in [0.29, 0.717) is 5.56 Å². The quantitative estimate of drug-likeness (QED) is 0.848. The van der Waals surface area contributed by atoms with E-state index in [9.17, 15) is 5.26 Å². The highest BCUT2D eigenvalue weighted by Gasteiger charge is 2.32. The van der Waals surface area contributed by atoms with Crippen LogP contribution in [-0.2, 0) is 4.74 Å². The molecule has 0 N–H and O–H groups in total. The zero-order valence-corrected chi connectivity index (χ0v) is 12.5. The van der Waals surface area contributed by atoms with Crippen LogP contribution in [0.2, 0.25) is 0 Å². The van der Waals surface area contributed by atoms with Gasteiger partial charge in [-0.15, -0.1) is 0 Å². The average molecular weight is 281 g/mol. The second-order valence-corrected chi connectivity index (χ2v) is 5.83. The highest BCUT2D eigenvalue weighted by Crippen LogP contribution is 2.34. The minimum Gasteiger partial charge on any atom is -0.377 e. The molecular weight excluding hydrogens is 262 g/mol. The third kappa shape index (κ3) is 2.45. The Balaban J connectivity index is 2.12. The van der Waals surface area contributed by atoms with E-state index in [1.807, 2.05) is 24.3 Å². The molecule has 1 aromatic heterocycles. The van der Waals surface area contributed by atoms with Gasteiger partial charge in [0.1, 0.15) is 6.07 Å². The minimum atomic E-state index is -0.157. The molecule has 1 aromatic carbocycles. The van der Waals surface area contributed by atoms with E-state index in [-0.39, 0.29) is 5.60 Å². The van der Waals surface area contributed by atoms with E-state index < -0.39 is 0 Å². The first kappa shape index (κ1) is 13.8. The molecule has 4 heteroatoms. The fourth-order valence-corrected chi connectivity index (χ4v) is 3.11. The second kappa shape index (κ2) is 5.34. The number of pyridine rings is 1. The summed E-state index contributed by atoms with van der Waals surface area (Å²) in [4.78, 5) is 6.66. The predicted octanol–water partition coefficient (Wildman–Crippen LogP) is 3.11. The van der Waals surface area contributed by atoms with E-state index in [4.69, 9.17) is 4.74 Å². The van der Waals surface area contributed by atoms with E-state index in [2.05, 4.69) is 22.9 Å². The molecule has 1 atom stereocenters. The number of anilines is 1. The second-order valence-electron chi connectivity index (χ2n) is 5.83. The van der Waals surface area contributed by atoms with Gasteiger partial charge in [-0.2, -0.15) is 5.26 Å². The van der Waals surface area contributed by atoms with Crippen molar-refractivity contribution in [3.63, 3.8) is 0 Å². The molecule has 1 aliphatic heterocycles. The number of hydrogen-bond donors (Lipinski definition) is 0. The molecule has 4 nitrogen and oxygen atoms in total. The Labute approximate surface area is 125 Å². The van der Waals surface area contributed by atoms with Crippen molar-refractivity contribution in [3.05, 3.63) is 36.0 Å². The molecule has 0 spiro atoms. The molecule has 2 aromatic rings. The smallest absolute Gasteiger partial charge is 0.103 e. The lowest BCUT2D eigenvalue weighted by atomic mass is 9.93. The van der Waals surface area contributed by atoms with E-state index in [1.165, 1.54) is 0 Å². The Hall–Kier alpha value is -2.12. The first-order valence-corrected chi connectivity index (χ1v) is 7.25. The largest absolute Gasteiger partial charge is 0.377 e. The Morgan fingerprint density at radius 2 is 2.19 bits per heavy atom. The molecule has 3 rings (SSSR count). The van der Waals surface area contributed by atoms with Gasteiger partial charge in [0.05, 0.1) is 22.4 Å². The van der Waals surface area contributed by atoms with Crippen LogP contribution in [0.5, 0.6) is 0 Å². The van der Waals surface area contributed by atoms with Gasteiger partial charge in [-0.1, -0.05) is 18.2 Å². The molecule has 1 saturated heterocycles. The summed E-state index contributed by atoms with van der Waals surface area (Å²) in [7, 11) is 1.76. The van der Waals surface area contributed by atoms with Gasteiger partial charge in [-0.3, -0.25) is 4.98 Å². The number of aromatic nitrogens is 1. The van der Waals surface area contributed by atoms with Crippen LogP contribution in [0, 0.1) is 11.3 Å². The highest BCUT2D eigenvalue weighted by molar-refractivity contribution is 5.94. The lowest BCUT2D eigenvalue weighted by Gasteiger charge is -2.41. The summed E-state index contributed by atoms with van der Waals surface area (Å²) in [5.74, 6) is 0. The molecule has 1 unspecified atom stereocenters. The first-order valence-electron chi connectivity index (χ1n) is 7.25. The lowest BCUT2D eigenvalue weighted by molar-refractivity contribution is -0.00460. The third-order valence-corrected chi connectivity index (χ3v) is 4.34. The maximum Gasteiger partial charge on any atom is 0.103 e. The van der Waals surface area contributed by atoms with Gasteiger partial charge >= 0.3 is 0 Å². The molecule has 1 fully saturated rings. The summed E-state index contributed by atoms with van der Waals surface area (Å²) in [5.41, 5.74) is 2.39. The predicted molar refractivity (Wildman–Crippen MR) is 83.3 cm³/mol. The topological polar surface area (TPSA) is 49.1 Å². The van der Waals surface area contributed by atoms with Crippen molar-refractivity contribution in [1.82, 2.24) is 4.98 Å². The molecule has 0 amide bonds. The fraction of sp³-hybridized carbons (Fsp3) is 0.412. The highest BCUT2D eigenvalue weighted by atomic mass is 16.5. The summed E-state index contributed by atoms with van der Waals surface area (Å²) in [6.45, 7) is 3.88. The zero-order chi connectivity index (χ0) is 14.9. The molecule has 0 aliphatic carbocycles. The fourth-order valence-electron chi connectivity index (χ4n) is 3.11. The molecule has 0 saturated carbocycles. The summed E-state index contributed by atoms with van der Waals surface area (Å²) in [5, 5.41) is 10.5. The number of fused-ring (bicyclic) bond motifs is 1. The Morgan fingerprint density at radius 1 is 1.38 bits per heavy atom. The summed E-state index contributed by atoms with van der Waals surface area (Å²) in [6.07, 6.45) is 3.78. The van der Waals surface area contributed by atoms with Gasteiger partial charge in [0.25, 0.3) is 0 Å². The number of para-hydroxylation sites is 1. The normalized spacial score (nSPS) is 22.2. The van der Waals surface area contributed by atoms with E-state index >= 15 is 0 Å². The summed E-state index contributed by atoms with van der Waals surface area (Å²) in [6, 6.07) is 10.3. The number of ether oxygens (including phenoxy) is 1. The summed E-state index contributed by atoms with van der Waals surface area (Å²) < 4.78 is 5.68. The van der Waals surface area contributed by atoms with Crippen LogP contribution < -0.4 is 4.90 Å². The van der Waals surface area contributed by atoms with Crippen molar-refractivity contribution in [1.29, 1.82) is 5.26 Å². The SMILES string of the molecule is COC1(C)CCCN(c2c(C#N)cnc3ccccc23)C1. The van der Waals surface area contributed by atoms with Crippen molar-refractivity contribution in [2.75, 3.05) is 25.1 Å². The maximum absolute atomic E-state index is 9.45. The molecule has 2 heterocycles. The van der Waals surface area contributed by atoms with Crippen molar-refractivity contribution in [2.45, 2.75) is 25.4 Å². The van der Waals surface area contributed by atoms with E-state index in [1.54, 1.807) is 13.3 Å². The lowest BCUT2D eigenvalue weighted by Crippen LogP contribution is -2.47. The zero-order valence-electron chi connectivity index (χ0n) is 12.5. The number of piperidine rings is 1. The van der Waals surface area contributed by atoms with Crippen LogP contribution in [0.4, 0.5) is 5.69 Å². The number of benzene rings is 1. The average Bonchev–Trinajstić information content (AvgIpc) is 2.53. The number of rotatable bonds is 2. The molecule has 21 heavy (non-hydrogen) atoms. The number of hydrogen-bond acceptors (Lipinski definition) is 4. The molecule has 1 aliphatic rings. The van der Waals surface area contributed by atoms with Gasteiger partial charge in [0.15, 0.2) is 0 Å². The van der Waals surface area contributed by atoms with Crippen LogP contribution >= 0.6 is 0 Å². The number of methoxy groups -OCH3 is 1. The van der Waals surface area contributed by atoms with Gasteiger partial charge in [0.2, 0.25) is 0 Å². The number of nitriles is 1. The van der Waals surface area contributed by atoms with Gasteiger partial charge in [-0.05, 0) is 25.8 Å². The number of nitrogens with zero attached hydrogens (tertiary/aromatic N) is 3. The molecule has 0 radical (unpaired) electrons. The third-order valence-electron chi connectivity index (χ3n) is 4.34. The summed E-state index contributed by atoms with van der Waals surface area (Å²) >= 11 is 0. The molecule has 108 valence electrons. The Morgan fingerprint density at radius 3 is 2.95 bits per heavy atom. The van der Waals surface area contributed by atoms with Gasteiger partial charge in [-0.25, -0.2) is 0 Å². The van der Waals surface area contributed by atoms with Crippen LogP contribution in [0.3, 0.4) is 0 Å².